The lowest BCUT2D eigenvalue weighted by Gasteiger charge is -2.12. The quantitative estimate of drug-likeness (QED) is 0.522. The molecule has 1 atom stereocenters. The number of amides is 1. The maximum atomic E-state index is 11.3. The zero-order chi connectivity index (χ0) is 12.3. The highest BCUT2D eigenvalue weighted by Gasteiger charge is 2.18. The average Bonchev–Trinajstić information content (AvgIpc) is 2.65. The summed E-state index contributed by atoms with van der Waals surface area (Å²) in [5.41, 5.74) is 0. The molecule has 0 aromatic carbocycles. The number of carboxylic acids is 1. The molecule has 1 amide bonds. The summed E-state index contributed by atoms with van der Waals surface area (Å²) < 4.78 is 4.56. The van der Waals surface area contributed by atoms with Gasteiger partial charge in [-0.15, -0.1) is 0 Å². The van der Waals surface area contributed by atoms with Crippen molar-refractivity contribution in [3.8, 4) is 0 Å². The molecule has 0 aliphatic carbocycles. The SMILES string of the molecule is C[C@@H](NC(=O)c1ccc([N+](=O)[O-])o1)C(=O)[O-]. The third kappa shape index (κ3) is 2.56. The first kappa shape index (κ1) is 11.7. The zero-order valence-corrected chi connectivity index (χ0v) is 8.13. The number of nitrogens with one attached hydrogen (secondary N) is 1. The molecule has 0 unspecified atom stereocenters. The van der Waals surface area contributed by atoms with Gasteiger partial charge in [-0.05, 0) is 13.0 Å². The fraction of sp³-hybridized carbons (Fsp3) is 0.250. The molecule has 1 aromatic heterocycles. The molecule has 8 nitrogen and oxygen atoms in total. The van der Waals surface area contributed by atoms with E-state index in [9.17, 15) is 24.8 Å². The topological polar surface area (TPSA) is 126 Å². The third-order valence-corrected chi connectivity index (χ3v) is 1.70. The molecule has 86 valence electrons. The Labute approximate surface area is 89.0 Å². The van der Waals surface area contributed by atoms with E-state index in [4.69, 9.17) is 0 Å². The third-order valence-electron chi connectivity index (χ3n) is 1.70. The van der Waals surface area contributed by atoms with Gasteiger partial charge in [-0.3, -0.25) is 14.9 Å². The van der Waals surface area contributed by atoms with Crippen LogP contribution in [0.25, 0.3) is 0 Å². The number of hydrogen-bond acceptors (Lipinski definition) is 6. The summed E-state index contributed by atoms with van der Waals surface area (Å²) in [5.74, 6) is -3.25. The summed E-state index contributed by atoms with van der Waals surface area (Å²) in [6.07, 6.45) is 0. The smallest absolute Gasteiger partial charge is 0.433 e. The van der Waals surface area contributed by atoms with Crippen molar-refractivity contribution in [2.75, 3.05) is 0 Å². The Kier molecular flexibility index (Phi) is 3.24. The number of carboxylic acid groups (broad SMARTS) is 1. The Morgan fingerprint density at radius 3 is 2.56 bits per heavy atom. The number of carbonyl (C=O) groups excluding carboxylic acids is 2. The highest BCUT2D eigenvalue weighted by molar-refractivity contribution is 5.94. The van der Waals surface area contributed by atoms with Gasteiger partial charge in [0.15, 0.2) is 5.76 Å². The van der Waals surface area contributed by atoms with E-state index in [2.05, 4.69) is 4.42 Å². The van der Waals surface area contributed by atoms with E-state index in [-0.39, 0.29) is 5.76 Å². The van der Waals surface area contributed by atoms with Gasteiger partial charge < -0.3 is 19.6 Å². The predicted molar refractivity (Wildman–Crippen MR) is 47.3 cm³/mol. The molecule has 1 rings (SSSR count). The lowest BCUT2D eigenvalue weighted by molar-refractivity contribution is -0.402. The Bertz CT molecular complexity index is 437. The maximum Gasteiger partial charge on any atom is 0.433 e. The van der Waals surface area contributed by atoms with Gasteiger partial charge >= 0.3 is 5.88 Å². The minimum atomic E-state index is -1.46. The molecule has 1 heterocycles. The molecule has 0 bridgehead atoms. The lowest BCUT2D eigenvalue weighted by Crippen LogP contribution is -2.45. The molecule has 0 spiro atoms. The molecule has 0 radical (unpaired) electrons. The van der Waals surface area contributed by atoms with Crippen LogP contribution in [-0.2, 0) is 4.79 Å². The number of carbonyl (C=O) groups is 2. The van der Waals surface area contributed by atoms with Crippen LogP contribution in [0.4, 0.5) is 5.88 Å². The minimum Gasteiger partial charge on any atom is -0.548 e. The van der Waals surface area contributed by atoms with Gasteiger partial charge in [0, 0.05) is 0 Å². The summed E-state index contributed by atoms with van der Waals surface area (Å²) in [7, 11) is 0. The van der Waals surface area contributed by atoms with E-state index < -0.39 is 28.7 Å². The van der Waals surface area contributed by atoms with Crippen molar-refractivity contribution >= 4 is 17.8 Å². The van der Waals surface area contributed by atoms with Crippen molar-refractivity contribution in [1.29, 1.82) is 0 Å². The molecule has 0 saturated carbocycles. The Morgan fingerprint density at radius 1 is 1.50 bits per heavy atom. The monoisotopic (exact) mass is 227 g/mol. The normalized spacial score (nSPS) is 11.8. The first-order chi connectivity index (χ1) is 7.41. The summed E-state index contributed by atoms with van der Waals surface area (Å²) in [6, 6.07) is 0.866. The van der Waals surface area contributed by atoms with Crippen LogP contribution in [-0.4, -0.2) is 22.8 Å². The lowest BCUT2D eigenvalue weighted by atomic mass is 10.3. The molecule has 0 fully saturated rings. The number of furan rings is 1. The highest BCUT2D eigenvalue weighted by atomic mass is 16.6. The summed E-state index contributed by atoms with van der Waals surface area (Å²) in [6.45, 7) is 1.20. The fourth-order valence-electron chi connectivity index (χ4n) is 0.875. The molecule has 16 heavy (non-hydrogen) atoms. The van der Waals surface area contributed by atoms with Crippen LogP contribution in [0.2, 0.25) is 0 Å². The fourth-order valence-corrected chi connectivity index (χ4v) is 0.875. The standard InChI is InChI=1S/C8H8N2O6/c1-4(8(12)13)9-7(11)5-2-3-6(16-5)10(14)15/h2-4H,1H3,(H,9,11)(H,12,13)/p-1/t4-/m1/s1. The average molecular weight is 227 g/mol. The molecule has 0 aliphatic heterocycles. The van der Waals surface area contributed by atoms with E-state index in [0.717, 1.165) is 12.1 Å². The van der Waals surface area contributed by atoms with Crippen LogP contribution in [0.5, 0.6) is 0 Å². The van der Waals surface area contributed by atoms with Crippen molar-refractivity contribution in [2.24, 2.45) is 0 Å². The van der Waals surface area contributed by atoms with Crippen LogP contribution in [0.1, 0.15) is 17.5 Å². The second kappa shape index (κ2) is 4.43. The van der Waals surface area contributed by atoms with Crippen molar-refractivity contribution < 1.29 is 24.0 Å². The van der Waals surface area contributed by atoms with Crippen LogP contribution < -0.4 is 10.4 Å². The number of rotatable bonds is 4. The van der Waals surface area contributed by atoms with Crippen molar-refractivity contribution in [3.63, 3.8) is 0 Å². The highest BCUT2D eigenvalue weighted by Crippen LogP contribution is 2.15. The van der Waals surface area contributed by atoms with E-state index in [0.29, 0.717) is 0 Å². The van der Waals surface area contributed by atoms with E-state index in [1.54, 1.807) is 0 Å². The number of hydrogen-bond donors (Lipinski definition) is 1. The Balaban J connectivity index is 2.73. The van der Waals surface area contributed by atoms with Gasteiger partial charge in [-0.2, -0.15) is 0 Å². The van der Waals surface area contributed by atoms with Gasteiger partial charge in [0.2, 0.25) is 0 Å². The van der Waals surface area contributed by atoms with E-state index >= 15 is 0 Å². The van der Waals surface area contributed by atoms with Crippen LogP contribution in [0, 0.1) is 10.1 Å². The molecule has 1 N–H and O–H groups in total. The van der Waals surface area contributed by atoms with Crippen LogP contribution in [0.3, 0.4) is 0 Å². The summed E-state index contributed by atoms with van der Waals surface area (Å²) >= 11 is 0. The molecular formula is C8H7N2O6-. The second-order valence-corrected chi connectivity index (χ2v) is 2.91. The largest absolute Gasteiger partial charge is 0.548 e. The molecule has 0 saturated heterocycles. The van der Waals surface area contributed by atoms with Crippen molar-refractivity contribution in [2.45, 2.75) is 13.0 Å². The minimum absolute atomic E-state index is 0.334. The molecule has 1 aromatic rings. The molecule has 0 aliphatic rings. The predicted octanol–water partition coefficient (Wildman–Crippen LogP) is -0.944. The first-order valence-corrected chi connectivity index (χ1v) is 4.17. The summed E-state index contributed by atoms with van der Waals surface area (Å²) in [5, 5.41) is 22.6. The number of nitro groups is 1. The van der Waals surface area contributed by atoms with Gasteiger partial charge in [0.25, 0.3) is 5.91 Å². The second-order valence-electron chi connectivity index (χ2n) is 2.91. The van der Waals surface area contributed by atoms with Crippen molar-refractivity contribution in [1.82, 2.24) is 5.32 Å². The Hall–Kier alpha value is -2.38. The van der Waals surface area contributed by atoms with E-state index in [1.807, 2.05) is 5.32 Å². The molecular weight excluding hydrogens is 220 g/mol. The Morgan fingerprint density at radius 2 is 2.12 bits per heavy atom. The number of nitrogens with zero attached hydrogens (tertiary/aromatic N) is 1. The molecule has 8 heteroatoms. The summed E-state index contributed by atoms with van der Waals surface area (Å²) in [4.78, 5) is 31.0. The van der Waals surface area contributed by atoms with Crippen LogP contribution >= 0.6 is 0 Å². The van der Waals surface area contributed by atoms with Gasteiger partial charge in [0.1, 0.15) is 4.92 Å². The van der Waals surface area contributed by atoms with Crippen molar-refractivity contribution in [3.05, 3.63) is 28.0 Å². The van der Waals surface area contributed by atoms with E-state index in [1.165, 1.54) is 6.92 Å². The number of aliphatic carboxylic acids is 1. The van der Waals surface area contributed by atoms with Crippen LogP contribution in [0.15, 0.2) is 16.5 Å². The van der Waals surface area contributed by atoms with Gasteiger partial charge in [0.05, 0.1) is 18.1 Å². The van der Waals surface area contributed by atoms with Gasteiger partial charge in [-0.25, -0.2) is 0 Å². The van der Waals surface area contributed by atoms with Gasteiger partial charge in [-0.1, -0.05) is 0 Å². The zero-order valence-electron chi connectivity index (χ0n) is 8.13. The first-order valence-electron chi connectivity index (χ1n) is 4.17. The maximum absolute atomic E-state index is 11.3.